The Labute approximate surface area is 244 Å². The topological polar surface area (TPSA) is 185 Å². The van der Waals surface area contributed by atoms with Crippen LogP contribution >= 0.6 is 0 Å². The predicted octanol–water partition coefficient (Wildman–Crippen LogP) is 5.27. The lowest BCUT2D eigenvalue weighted by Crippen LogP contribution is -2.67. The van der Waals surface area contributed by atoms with Gasteiger partial charge in [-0.2, -0.15) is 0 Å². The summed E-state index contributed by atoms with van der Waals surface area (Å²) in [4.78, 5) is 0. The first-order valence-corrected chi connectivity index (χ1v) is 14.2. The number of phenolic OH excluding ortho intramolecular Hbond substituents is 4. The van der Waals surface area contributed by atoms with Gasteiger partial charge in [0, 0.05) is 0 Å². The third kappa shape index (κ3) is 3.60. The Morgan fingerprint density at radius 2 is 0.548 bits per heavy atom. The van der Waals surface area contributed by atoms with Crippen LogP contribution in [0.3, 0.4) is 0 Å². The molecule has 0 heterocycles. The molecule has 0 atom stereocenters. The number of benzene rings is 4. The molecule has 0 spiro atoms. The van der Waals surface area contributed by atoms with Gasteiger partial charge in [0.2, 0.25) is 0 Å². The molecule has 8 nitrogen and oxygen atoms in total. The molecule has 0 aromatic heterocycles. The number of anilines is 4. The number of phenols is 4. The lowest BCUT2D eigenvalue weighted by atomic mass is 9.32. The second-order valence-electron chi connectivity index (χ2n) is 13.3. The highest BCUT2D eigenvalue weighted by Gasteiger charge is 2.69. The molecule has 4 aliphatic carbocycles. The predicted molar refractivity (Wildman–Crippen MR) is 164 cm³/mol. The average molecular weight is 565 g/mol. The quantitative estimate of drug-likeness (QED) is 0.122. The fraction of sp³-hybridized carbons (Fsp3) is 0.294. The first-order chi connectivity index (χ1) is 19.9. The first-order valence-electron chi connectivity index (χ1n) is 14.2. The van der Waals surface area contributed by atoms with Crippen molar-refractivity contribution in [2.45, 2.75) is 60.2 Å². The number of hydrogen-bond donors (Lipinski definition) is 8. The van der Waals surface area contributed by atoms with Crippen molar-refractivity contribution in [1.82, 2.24) is 0 Å². The molecule has 42 heavy (non-hydrogen) atoms. The monoisotopic (exact) mass is 564 g/mol. The Kier molecular flexibility index (Phi) is 5.24. The van der Waals surface area contributed by atoms with Crippen molar-refractivity contribution < 1.29 is 20.4 Å². The van der Waals surface area contributed by atoms with Crippen LogP contribution in [0.2, 0.25) is 0 Å². The van der Waals surface area contributed by atoms with Crippen molar-refractivity contribution in [3.63, 3.8) is 0 Å². The van der Waals surface area contributed by atoms with E-state index in [4.69, 9.17) is 22.9 Å². The summed E-state index contributed by atoms with van der Waals surface area (Å²) in [5.41, 5.74) is 29.3. The van der Waals surface area contributed by atoms with E-state index in [1.807, 2.05) is 48.5 Å². The van der Waals surface area contributed by atoms with Gasteiger partial charge in [-0.3, -0.25) is 0 Å². The van der Waals surface area contributed by atoms with Gasteiger partial charge in [0.15, 0.2) is 0 Å². The van der Waals surface area contributed by atoms with E-state index in [9.17, 15) is 20.4 Å². The summed E-state index contributed by atoms with van der Waals surface area (Å²) < 4.78 is 0. The van der Waals surface area contributed by atoms with Gasteiger partial charge in [-0.25, -0.2) is 0 Å². The zero-order valence-electron chi connectivity index (χ0n) is 23.3. The van der Waals surface area contributed by atoms with Gasteiger partial charge >= 0.3 is 0 Å². The lowest BCUT2D eigenvalue weighted by Gasteiger charge is -2.71. The van der Waals surface area contributed by atoms with Crippen LogP contribution in [0.25, 0.3) is 0 Å². The van der Waals surface area contributed by atoms with Gasteiger partial charge in [0.05, 0.1) is 22.7 Å². The third-order valence-electron chi connectivity index (χ3n) is 10.6. The molecule has 0 aliphatic heterocycles. The van der Waals surface area contributed by atoms with E-state index < -0.39 is 0 Å². The molecule has 4 aliphatic rings. The highest BCUT2D eigenvalue weighted by molar-refractivity contribution is 5.62. The summed E-state index contributed by atoms with van der Waals surface area (Å²) in [6.07, 6.45) is 4.91. The second kappa shape index (κ2) is 8.41. The van der Waals surface area contributed by atoms with Crippen LogP contribution in [0, 0.1) is 0 Å². The van der Waals surface area contributed by atoms with Crippen LogP contribution in [0.4, 0.5) is 22.7 Å². The van der Waals surface area contributed by atoms with Crippen LogP contribution in [-0.2, 0) is 21.7 Å². The van der Waals surface area contributed by atoms with Crippen molar-refractivity contribution in [2.24, 2.45) is 0 Å². The Hall–Kier alpha value is -4.72. The third-order valence-corrected chi connectivity index (χ3v) is 10.6. The number of aromatic hydroxyl groups is 4. The van der Waals surface area contributed by atoms with Crippen LogP contribution in [0.5, 0.6) is 23.0 Å². The Morgan fingerprint density at radius 1 is 0.357 bits per heavy atom. The normalized spacial score (nSPS) is 29.5. The average Bonchev–Trinajstić information content (AvgIpc) is 2.94. The van der Waals surface area contributed by atoms with Crippen molar-refractivity contribution in [3.8, 4) is 23.0 Å². The van der Waals surface area contributed by atoms with Gasteiger partial charge in [0.25, 0.3) is 0 Å². The summed E-state index contributed by atoms with van der Waals surface area (Å²) in [5.74, 6) is 0.191. The van der Waals surface area contributed by atoms with Crippen molar-refractivity contribution in [3.05, 3.63) is 95.1 Å². The largest absolute Gasteiger partial charge is 0.506 e. The Morgan fingerprint density at radius 3 is 0.714 bits per heavy atom. The fourth-order valence-electron chi connectivity index (χ4n) is 9.40. The summed E-state index contributed by atoms with van der Waals surface area (Å²) in [6, 6.07) is 22.2. The maximum Gasteiger partial charge on any atom is 0.138 e. The van der Waals surface area contributed by atoms with Crippen molar-refractivity contribution in [1.29, 1.82) is 0 Å². The summed E-state index contributed by atoms with van der Waals surface area (Å²) in [7, 11) is 0. The molecule has 0 radical (unpaired) electrons. The van der Waals surface area contributed by atoms with E-state index in [2.05, 4.69) is 0 Å². The van der Waals surface area contributed by atoms with Gasteiger partial charge in [-0.05, 0) is 131 Å². The van der Waals surface area contributed by atoms with E-state index in [0.29, 0.717) is 22.7 Å². The number of hydrogen-bond acceptors (Lipinski definition) is 8. The van der Waals surface area contributed by atoms with E-state index in [1.54, 1.807) is 24.3 Å². The maximum atomic E-state index is 10.3. The molecule has 4 fully saturated rings. The number of rotatable bonds is 4. The minimum atomic E-state index is -0.359. The molecular weight excluding hydrogens is 528 g/mol. The molecule has 4 aromatic carbocycles. The molecule has 0 amide bonds. The van der Waals surface area contributed by atoms with Gasteiger partial charge in [0.1, 0.15) is 23.0 Å². The highest BCUT2D eigenvalue weighted by atomic mass is 16.3. The summed E-state index contributed by atoms with van der Waals surface area (Å²) >= 11 is 0. The fourth-order valence-corrected chi connectivity index (χ4v) is 9.40. The summed E-state index contributed by atoms with van der Waals surface area (Å²) in [6.45, 7) is 0. The standard InChI is InChI=1S/C34H36N4O4/c35-23-9-19(1-5-27(23)39)31-13-32(20-2-6-28(40)24(36)10-20)16-33(14-31,21-3-7-29(41)25(37)11-21)18-34(15-31,17-32)22-4-8-30(42)26(38)12-22/h1-12,39-42H,13-18,35-38H2. The highest BCUT2D eigenvalue weighted by Crippen LogP contribution is 2.75. The van der Waals surface area contributed by atoms with Crippen LogP contribution in [0.1, 0.15) is 60.8 Å². The Bertz CT molecular complexity index is 1480. The SMILES string of the molecule is Nc1cc(C23CC4(c5ccc(O)c(N)c5)CC(c5ccc(O)c(N)c5)(C2)CC(c2ccc(O)c(N)c2)(C3)C4)ccc1O. The van der Waals surface area contributed by atoms with Gasteiger partial charge in [-0.15, -0.1) is 0 Å². The molecule has 8 rings (SSSR count). The maximum absolute atomic E-state index is 10.3. The molecule has 4 saturated carbocycles. The van der Waals surface area contributed by atoms with Crippen molar-refractivity contribution in [2.75, 3.05) is 22.9 Å². The van der Waals surface area contributed by atoms with Crippen LogP contribution in [0.15, 0.2) is 72.8 Å². The molecule has 0 saturated heterocycles. The second-order valence-corrected chi connectivity index (χ2v) is 13.3. The van der Waals surface area contributed by atoms with Gasteiger partial charge in [-0.1, -0.05) is 24.3 Å². The zero-order valence-corrected chi connectivity index (χ0v) is 23.3. The van der Waals surface area contributed by atoms with E-state index >= 15 is 0 Å². The van der Waals surface area contributed by atoms with E-state index in [1.165, 1.54) is 0 Å². The van der Waals surface area contributed by atoms with Crippen molar-refractivity contribution >= 4 is 22.7 Å². The molecule has 216 valence electrons. The summed E-state index contributed by atoms with van der Waals surface area (Å²) in [5, 5.41) is 41.4. The first kappa shape index (κ1) is 26.2. The zero-order chi connectivity index (χ0) is 29.7. The minimum absolute atomic E-state index is 0.0477. The molecular formula is C34H36N4O4. The number of nitrogen functional groups attached to an aromatic ring is 4. The van der Waals surface area contributed by atoms with E-state index in [0.717, 1.165) is 60.8 Å². The van der Waals surface area contributed by atoms with Gasteiger partial charge < -0.3 is 43.4 Å². The molecule has 4 bridgehead atoms. The van der Waals surface area contributed by atoms with E-state index in [-0.39, 0.29) is 44.7 Å². The van der Waals surface area contributed by atoms with Crippen LogP contribution in [-0.4, -0.2) is 20.4 Å². The van der Waals surface area contributed by atoms with Crippen LogP contribution < -0.4 is 22.9 Å². The lowest BCUT2D eigenvalue weighted by molar-refractivity contribution is -0.0691. The smallest absolute Gasteiger partial charge is 0.138 e. The molecule has 8 heteroatoms. The Balaban J connectivity index is 1.55. The number of nitrogens with two attached hydrogens (primary N) is 4. The molecule has 12 N–H and O–H groups in total. The molecule has 4 aromatic rings. The molecule has 0 unspecified atom stereocenters. The minimum Gasteiger partial charge on any atom is -0.506 e.